The smallest absolute Gasteiger partial charge is 0.268 e. The standard InChI is InChI=1S/C24H19N3O3S2/c1-2-20-24(29)27(13-19(28)22-7-5-11-31-22)18-12-15(8-9-21(18)30-20)17-14-32-23(26-17)16-6-3-4-10-25-16/h3-12,14,20H,2,13H2,1H3. The SMILES string of the molecule is CCC1Oc2ccc(-c3csc(-c4ccccn4)n3)cc2N(CC(=O)c2cccs2)C1=O. The number of Topliss-reactive ketones (excluding diaryl/α,β-unsaturated/α-hetero) is 1. The van der Waals surface area contributed by atoms with Gasteiger partial charge in [-0.3, -0.25) is 19.5 Å². The fraction of sp³-hybridized carbons (Fsp3) is 0.167. The lowest BCUT2D eigenvalue weighted by molar-refractivity contribution is -0.126. The van der Waals surface area contributed by atoms with Crippen LogP contribution in [0.15, 0.2) is 65.5 Å². The van der Waals surface area contributed by atoms with Crippen molar-refractivity contribution in [3.05, 3.63) is 70.4 Å². The first-order valence-corrected chi connectivity index (χ1v) is 12.0. The molecule has 0 bridgehead atoms. The summed E-state index contributed by atoms with van der Waals surface area (Å²) in [4.78, 5) is 37.2. The minimum atomic E-state index is -0.598. The van der Waals surface area contributed by atoms with Crippen LogP contribution in [0.1, 0.15) is 23.0 Å². The fourth-order valence-electron chi connectivity index (χ4n) is 3.58. The summed E-state index contributed by atoms with van der Waals surface area (Å²) in [5.41, 5.74) is 3.04. The average Bonchev–Trinajstić information content (AvgIpc) is 3.54. The van der Waals surface area contributed by atoms with Gasteiger partial charge in [-0.2, -0.15) is 0 Å². The number of benzene rings is 1. The molecular weight excluding hydrogens is 442 g/mol. The third kappa shape index (κ3) is 3.83. The van der Waals surface area contributed by atoms with Gasteiger partial charge >= 0.3 is 0 Å². The molecule has 5 rings (SSSR count). The van der Waals surface area contributed by atoms with Gasteiger partial charge in [0.2, 0.25) is 0 Å². The van der Waals surface area contributed by atoms with E-state index >= 15 is 0 Å². The highest BCUT2D eigenvalue weighted by Gasteiger charge is 2.35. The van der Waals surface area contributed by atoms with Crippen molar-refractivity contribution in [2.75, 3.05) is 11.4 Å². The summed E-state index contributed by atoms with van der Waals surface area (Å²) < 4.78 is 5.93. The number of carbonyl (C=O) groups excluding carboxylic acids is 2. The van der Waals surface area contributed by atoms with Gasteiger partial charge in [-0.1, -0.05) is 19.1 Å². The summed E-state index contributed by atoms with van der Waals surface area (Å²) in [6.45, 7) is 1.88. The molecule has 1 aliphatic heterocycles. The van der Waals surface area contributed by atoms with Crippen molar-refractivity contribution in [1.29, 1.82) is 0 Å². The minimum Gasteiger partial charge on any atom is -0.478 e. The summed E-state index contributed by atoms with van der Waals surface area (Å²) in [5.74, 6) is 0.307. The van der Waals surface area contributed by atoms with Crippen LogP contribution in [-0.2, 0) is 4.79 Å². The van der Waals surface area contributed by atoms with E-state index in [4.69, 9.17) is 9.72 Å². The maximum absolute atomic E-state index is 13.1. The Hall–Kier alpha value is -3.36. The van der Waals surface area contributed by atoms with Crippen LogP contribution in [-0.4, -0.2) is 34.3 Å². The van der Waals surface area contributed by atoms with Crippen molar-refractivity contribution in [3.63, 3.8) is 0 Å². The number of ether oxygens (including phenoxy) is 1. The number of rotatable bonds is 6. The van der Waals surface area contributed by atoms with E-state index in [-0.39, 0.29) is 18.2 Å². The average molecular weight is 462 g/mol. The predicted molar refractivity (Wildman–Crippen MR) is 126 cm³/mol. The second kappa shape index (κ2) is 8.64. The van der Waals surface area contributed by atoms with Crippen molar-refractivity contribution in [3.8, 4) is 27.7 Å². The number of hydrogen-bond donors (Lipinski definition) is 0. The molecule has 4 heterocycles. The highest BCUT2D eigenvalue weighted by atomic mass is 32.1. The number of nitrogens with zero attached hydrogens (tertiary/aromatic N) is 3. The van der Waals surface area contributed by atoms with Crippen molar-refractivity contribution < 1.29 is 14.3 Å². The first-order valence-electron chi connectivity index (χ1n) is 10.2. The van der Waals surface area contributed by atoms with Crippen LogP contribution >= 0.6 is 22.7 Å². The molecule has 0 saturated carbocycles. The van der Waals surface area contributed by atoms with Crippen LogP contribution in [0, 0.1) is 0 Å². The first kappa shape index (κ1) is 20.5. The third-order valence-corrected chi connectivity index (χ3v) is 6.99. The Kier molecular flexibility index (Phi) is 5.55. The van der Waals surface area contributed by atoms with E-state index in [1.54, 1.807) is 17.2 Å². The van der Waals surface area contributed by atoms with Crippen LogP contribution in [0.2, 0.25) is 0 Å². The van der Waals surface area contributed by atoms with Gasteiger partial charge in [0.15, 0.2) is 11.9 Å². The molecule has 0 spiro atoms. The number of ketones is 1. The zero-order valence-electron chi connectivity index (χ0n) is 17.2. The Labute approximate surface area is 193 Å². The zero-order valence-corrected chi connectivity index (χ0v) is 18.9. The number of fused-ring (bicyclic) bond motifs is 1. The maximum Gasteiger partial charge on any atom is 0.268 e. The van der Waals surface area contributed by atoms with Crippen LogP contribution in [0.5, 0.6) is 5.75 Å². The van der Waals surface area contributed by atoms with Crippen LogP contribution in [0.25, 0.3) is 22.0 Å². The van der Waals surface area contributed by atoms with E-state index in [1.807, 2.05) is 60.1 Å². The molecule has 1 amide bonds. The highest BCUT2D eigenvalue weighted by Crippen LogP contribution is 2.39. The number of carbonyl (C=O) groups is 2. The molecule has 1 aromatic carbocycles. The van der Waals surface area contributed by atoms with Gasteiger partial charge in [-0.25, -0.2) is 4.98 Å². The molecule has 1 atom stereocenters. The van der Waals surface area contributed by atoms with Crippen molar-refractivity contribution in [2.45, 2.75) is 19.4 Å². The third-order valence-electron chi connectivity index (χ3n) is 5.21. The Bertz CT molecular complexity index is 1270. The minimum absolute atomic E-state index is 0.0219. The van der Waals surface area contributed by atoms with Crippen molar-refractivity contribution >= 4 is 40.1 Å². The Balaban J connectivity index is 1.50. The lowest BCUT2D eigenvalue weighted by Gasteiger charge is -2.34. The highest BCUT2D eigenvalue weighted by molar-refractivity contribution is 7.13. The normalized spacial score (nSPS) is 15.3. The Morgan fingerprint density at radius 3 is 2.78 bits per heavy atom. The molecule has 1 aliphatic rings. The van der Waals surface area contributed by atoms with E-state index < -0.39 is 6.10 Å². The van der Waals surface area contributed by atoms with Crippen molar-refractivity contribution in [2.24, 2.45) is 0 Å². The van der Waals surface area contributed by atoms with Crippen LogP contribution < -0.4 is 9.64 Å². The lowest BCUT2D eigenvalue weighted by Crippen LogP contribution is -2.47. The van der Waals surface area contributed by atoms with E-state index in [0.717, 1.165) is 22.0 Å². The van der Waals surface area contributed by atoms with E-state index in [2.05, 4.69) is 4.98 Å². The van der Waals surface area contributed by atoms with Gasteiger partial charge in [0.05, 0.1) is 28.5 Å². The Morgan fingerprint density at radius 1 is 1.12 bits per heavy atom. The number of anilines is 1. The van der Waals surface area contributed by atoms with Gasteiger partial charge < -0.3 is 4.74 Å². The molecule has 0 fully saturated rings. The molecular formula is C24H19N3O3S2. The first-order chi connectivity index (χ1) is 15.6. The van der Waals surface area contributed by atoms with Gasteiger partial charge in [0.25, 0.3) is 5.91 Å². The predicted octanol–water partition coefficient (Wildman–Crippen LogP) is 5.32. The van der Waals surface area contributed by atoms with Gasteiger partial charge in [-0.05, 0) is 48.2 Å². The summed E-state index contributed by atoms with van der Waals surface area (Å²) in [6.07, 6.45) is 1.67. The quantitative estimate of drug-likeness (QED) is 0.363. The number of pyridine rings is 1. The molecule has 0 radical (unpaired) electrons. The fourth-order valence-corrected chi connectivity index (χ4v) is 5.04. The number of thiophene rings is 1. The number of amides is 1. The molecule has 160 valence electrons. The molecule has 3 aromatic heterocycles. The number of thiazole rings is 1. The molecule has 4 aromatic rings. The molecule has 0 saturated heterocycles. The van der Waals surface area contributed by atoms with Gasteiger partial charge in [0.1, 0.15) is 10.8 Å². The monoisotopic (exact) mass is 461 g/mol. The number of hydrogen-bond acceptors (Lipinski definition) is 7. The van der Waals surface area contributed by atoms with Gasteiger partial charge in [-0.15, -0.1) is 22.7 Å². The largest absolute Gasteiger partial charge is 0.478 e. The zero-order chi connectivity index (χ0) is 22.1. The van der Waals surface area contributed by atoms with Crippen LogP contribution in [0.4, 0.5) is 5.69 Å². The molecule has 32 heavy (non-hydrogen) atoms. The summed E-state index contributed by atoms with van der Waals surface area (Å²) in [7, 11) is 0. The molecule has 6 nitrogen and oxygen atoms in total. The van der Waals surface area contributed by atoms with E-state index in [9.17, 15) is 9.59 Å². The summed E-state index contributed by atoms with van der Waals surface area (Å²) in [5, 5.41) is 4.64. The van der Waals surface area contributed by atoms with E-state index in [1.165, 1.54) is 22.7 Å². The lowest BCUT2D eigenvalue weighted by atomic mass is 10.1. The number of aromatic nitrogens is 2. The molecule has 8 heteroatoms. The second-order valence-electron chi connectivity index (χ2n) is 7.27. The van der Waals surface area contributed by atoms with Gasteiger partial charge in [0, 0.05) is 17.1 Å². The Morgan fingerprint density at radius 2 is 2.03 bits per heavy atom. The molecule has 0 N–H and O–H groups in total. The molecule has 0 aliphatic carbocycles. The van der Waals surface area contributed by atoms with Crippen LogP contribution in [0.3, 0.4) is 0 Å². The maximum atomic E-state index is 13.1. The second-order valence-corrected chi connectivity index (χ2v) is 9.08. The summed E-state index contributed by atoms with van der Waals surface area (Å²) >= 11 is 2.89. The van der Waals surface area contributed by atoms with Crippen molar-refractivity contribution in [1.82, 2.24) is 9.97 Å². The molecule has 1 unspecified atom stereocenters. The summed E-state index contributed by atoms with van der Waals surface area (Å²) in [6, 6.07) is 15.0. The van der Waals surface area contributed by atoms with E-state index in [0.29, 0.717) is 22.7 Å². The topological polar surface area (TPSA) is 72.4 Å².